The fraction of sp³-hybridized carbons (Fsp3) is 0.609. The molecule has 0 radical (unpaired) electrons. The van der Waals surface area contributed by atoms with Gasteiger partial charge in [0.25, 0.3) is 0 Å². The molecular formula is C23H31F3N4O6S. The summed E-state index contributed by atoms with van der Waals surface area (Å²) in [4.78, 5) is 43.9. The van der Waals surface area contributed by atoms with E-state index in [4.69, 9.17) is 25.1 Å². The fourth-order valence-electron chi connectivity index (χ4n) is 4.10. The van der Waals surface area contributed by atoms with Gasteiger partial charge in [-0.25, -0.2) is 19.6 Å². The van der Waals surface area contributed by atoms with Gasteiger partial charge < -0.3 is 25.6 Å². The molecule has 10 nitrogen and oxygen atoms in total. The van der Waals surface area contributed by atoms with Crippen molar-refractivity contribution in [1.29, 1.82) is 0 Å². The Hall–Kier alpha value is -3.00. The van der Waals surface area contributed by atoms with E-state index in [9.17, 15) is 22.8 Å². The maximum Gasteiger partial charge on any atom is 0.490 e. The van der Waals surface area contributed by atoms with Crippen LogP contribution in [0.25, 0.3) is 10.2 Å². The van der Waals surface area contributed by atoms with Crippen LogP contribution in [0.2, 0.25) is 0 Å². The topological polar surface area (TPSA) is 154 Å². The van der Waals surface area contributed by atoms with E-state index < -0.39 is 17.6 Å². The highest BCUT2D eigenvalue weighted by Crippen LogP contribution is 2.38. The first-order valence-corrected chi connectivity index (χ1v) is 12.5. The number of alkyl halides is 3. The van der Waals surface area contributed by atoms with Crippen LogP contribution in [-0.2, 0) is 25.6 Å². The minimum atomic E-state index is -5.08. The minimum absolute atomic E-state index is 0.0222. The van der Waals surface area contributed by atoms with Gasteiger partial charge in [-0.3, -0.25) is 4.79 Å². The molecule has 1 saturated carbocycles. The first kappa shape index (κ1) is 30.2. The van der Waals surface area contributed by atoms with Crippen molar-refractivity contribution in [3.05, 3.63) is 16.3 Å². The third-order valence-corrected chi connectivity index (χ3v) is 7.19. The van der Waals surface area contributed by atoms with Gasteiger partial charge in [0, 0.05) is 6.04 Å². The smallest absolute Gasteiger partial charge is 0.475 e. The van der Waals surface area contributed by atoms with Crippen molar-refractivity contribution in [3.8, 4) is 0 Å². The molecule has 0 aromatic carbocycles. The molecule has 206 valence electrons. The van der Waals surface area contributed by atoms with Crippen LogP contribution < -0.4 is 11.1 Å². The minimum Gasteiger partial charge on any atom is -0.475 e. The number of nitrogens with two attached hydrogens (primary N) is 1. The number of ether oxygens (including phenoxy) is 2. The Morgan fingerprint density at radius 3 is 2.38 bits per heavy atom. The van der Waals surface area contributed by atoms with Crippen LogP contribution in [0.4, 0.5) is 19.0 Å². The highest BCUT2D eigenvalue weighted by atomic mass is 32.1. The number of aryl methyl sites for hydroxylation is 1. The number of nitrogens with one attached hydrogen (secondary N) is 1. The van der Waals surface area contributed by atoms with E-state index in [1.165, 1.54) is 11.3 Å². The summed E-state index contributed by atoms with van der Waals surface area (Å²) in [6.45, 7) is 8.46. The number of nitrogens with zero attached hydrogens (tertiary/aromatic N) is 2. The lowest BCUT2D eigenvalue weighted by Crippen LogP contribution is -2.50. The number of esters is 2. The lowest BCUT2D eigenvalue weighted by molar-refractivity contribution is -0.192. The van der Waals surface area contributed by atoms with Crippen molar-refractivity contribution in [2.75, 3.05) is 18.9 Å². The number of carboxylic acid groups (broad SMARTS) is 1. The maximum atomic E-state index is 12.6. The second-order valence-electron chi connectivity index (χ2n) is 8.60. The predicted molar refractivity (Wildman–Crippen MR) is 130 cm³/mol. The van der Waals surface area contributed by atoms with E-state index in [-0.39, 0.29) is 18.0 Å². The number of carbonyl (C=O) groups excluding carboxylic acids is 2. The molecule has 4 N–H and O–H groups in total. The number of aliphatic carboxylic acids is 1. The third kappa shape index (κ3) is 7.28. The standard InChI is InChI=1S/C21H30N4O4S.C2HF3O2/c1-5-28-19(26)16-12(3)15-17(22)24-14(25-18(15)30-16)11-23-13-9-7-8-10-21(13,4)20(27)29-6-2;3-2(4,5)1(6)7/h13,23H,5-11H2,1-4H3,(H2,22,24,25);(H,6,7). The van der Waals surface area contributed by atoms with Gasteiger partial charge in [0.1, 0.15) is 21.3 Å². The van der Waals surface area contributed by atoms with Crippen molar-refractivity contribution in [2.45, 2.75) is 72.1 Å². The first-order valence-electron chi connectivity index (χ1n) is 11.7. The Bertz CT molecular complexity index is 1140. The summed E-state index contributed by atoms with van der Waals surface area (Å²) < 4.78 is 42.2. The Labute approximate surface area is 215 Å². The lowest BCUT2D eigenvalue weighted by Gasteiger charge is -2.39. The summed E-state index contributed by atoms with van der Waals surface area (Å²) in [6.07, 6.45) is -1.34. The van der Waals surface area contributed by atoms with Crippen molar-refractivity contribution in [1.82, 2.24) is 15.3 Å². The van der Waals surface area contributed by atoms with Crippen molar-refractivity contribution in [3.63, 3.8) is 0 Å². The monoisotopic (exact) mass is 548 g/mol. The SMILES string of the molecule is CCOC(=O)c1sc2nc(CNC3CCCCC3(C)C(=O)OCC)nc(N)c2c1C.O=C(O)C(F)(F)F. The quantitative estimate of drug-likeness (QED) is 0.433. The van der Waals surface area contributed by atoms with Gasteiger partial charge in [-0.05, 0) is 46.1 Å². The molecule has 37 heavy (non-hydrogen) atoms. The number of nitrogen functional groups attached to an aromatic ring is 1. The van der Waals surface area contributed by atoms with Crippen LogP contribution in [0, 0.1) is 12.3 Å². The summed E-state index contributed by atoms with van der Waals surface area (Å²) in [5.41, 5.74) is 6.37. The van der Waals surface area contributed by atoms with E-state index in [0.717, 1.165) is 31.2 Å². The van der Waals surface area contributed by atoms with Crippen LogP contribution in [0.5, 0.6) is 0 Å². The van der Waals surface area contributed by atoms with Gasteiger partial charge >= 0.3 is 24.1 Å². The number of carboxylic acids is 1. The maximum absolute atomic E-state index is 12.6. The second kappa shape index (κ2) is 12.5. The third-order valence-electron chi connectivity index (χ3n) is 6.02. The molecule has 3 rings (SSSR count). The van der Waals surface area contributed by atoms with Crippen molar-refractivity contribution >= 4 is 45.3 Å². The zero-order valence-electron chi connectivity index (χ0n) is 21.0. The summed E-state index contributed by atoms with van der Waals surface area (Å²) >= 11 is 1.27. The molecular weight excluding hydrogens is 517 g/mol. The molecule has 0 bridgehead atoms. The molecule has 14 heteroatoms. The summed E-state index contributed by atoms with van der Waals surface area (Å²) in [5.74, 6) is -2.41. The summed E-state index contributed by atoms with van der Waals surface area (Å²) in [6, 6.07) is -0.0222. The fourth-order valence-corrected chi connectivity index (χ4v) is 5.20. The number of rotatable bonds is 7. The predicted octanol–water partition coefficient (Wildman–Crippen LogP) is 3.99. The molecule has 0 saturated heterocycles. The first-order chi connectivity index (χ1) is 17.3. The zero-order valence-corrected chi connectivity index (χ0v) is 21.8. The average molecular weight is 549 g/mol. The normalized spacial score (nSPS) is 19.6. The van der Waals surface area contributed by atoms with Crippen LogP contribution in [0.15, 0.2) is 0 Å². The molecule has 0 amide bonds. The van der Waals surface area contributed by atoms with Crippen LogP contribution in [0.3, 0.4) is 0 Å². The molecule has 2 aromatic rings. The molecule has 2 heterocycles. The lowest BCUT2D eigenvalue weighted by atomic mass is 9.71. The molecule has 0 spiro atoms. The molecule has 1 aliphatic carbocycles. The Kier molecular flexibility index (Phi) is 10.2. The van der Waals surface area contributed by atoms with Gasteiger partial charge in [0.05, 0.1) is 30.6 Å². The van der Waals surface area contributed by atoms with Crippen LogP contribution in [0.1, 0.15) is 67.5 Å². The van der Waals surface area contributed by atoms with E-state index in [1.807, 2.05) is 20.8 Å². The van der Waals surface area contributed by atoms with Crippen molar-refractivity contribution in [2.24, 2.45) is 5.41 Å². The number of fused-ring (bicyclic) bond motifs is 1. The highest BCUT2D eigenvalue weighted by Gasteiger charge is 2.44. The number of thiophene rings is 1. The average Bonchev–Trinajstić information content (AvgIpc) is 3.15. The number of carbonyl (C=O) groups is 3. The Morgan fingerprint density at radius 1 is 1.19 bits per heavy atom. The van der Waals surface area contributed by atoms with Gasteiger partial charge in [0.2, 0.25) is 0 Å². The summed E-state index contributed by atoms with van der Waals surface area (Å²) in [5, 5.41) is 11.3. The zero-order chi connectivity index (χ0) is 28.0. The Balaban J connectivity index is 0.000000604. The number of hydrogen-bond acceptors (Lipinski definition) is 10. The molecule has 1 fully saturated rings. The second-order valence-corrected chi connectivity index (χ2v) is 9.60. The van der Waals surface area contributed by atoms with Crippen molar-refractivity contribution < 1.29 is 42.1 Å². The number of aromatic nitrogens is 2. The highest BCUT2D eigenvalue weighted by molar-refractivity contribution is 7.20. The number of anilines is 1. The molecule has 0 aliphatic heterocycles. The van der Waals surface area contributed by atoms with Crippen LogP contribution >= 0.6 is 11.3 Å². The number of hydrogen-bond donors (Lipinski definition) is 3. The molecule has 2 unspecified atom stereocenters. The van der Waals surface area contributed by atoms with Gasteiger partial charge in [-0.15, -0.1) is 11.3 Å². The Morgan fingerprint density at radius 2 is 1.81 bits per heavy atom. The van der Waals surface area contributed by atoms with E-state index in [1.54, 1.807) is 6.92 Å². The van der Waals surface area contributed by atoms with E-state index >= 15 is 0 Å². The van der Waals surface area contributed by atoms with Gasteiger partial charge in [-0.1, -0.05) is 12.8 Å². The van der Waals surface area contributed by atoms with E-state index in [0.29, 0.717) is 46.5 Å². The summed E-state index contributed by atoms with van der Waals surface area (Å²) in [7, 11) is 0. The number of halogens is 3. The van der Waals surface area contributed by atoms with Crippen LogP contribution in [-0.4, -0.2) is 58.4 Å². The largest absolute Gasteiger partial charge is 0.490 e. The van der Waals surface area contributed by atoms with E-state index in [2.05, 4.69) is 15.3 Å². The molecule has 2 atom stereocenters. The molecule has 1 aliphatic rings. The van der Waals surface area contributed by atoms with Gasteiger partial charge in [-0.2, -0.15) is 13.2 Å². The van der Waals surface area contributed by atoms with Gasteiger partial charge in [0.15, 0.2) is 0 Å². The molecule has 2 aromatic heterocycles.